The first kappa shape index (κ1) is 19.8. The minimum atomic E-state index is -4.44. The van der Waals surface area contributed by atoms with Crippen molar-refractivity contribution >= 4 is 29.2 Å². The second kappa shape index (κ2) is 7.52. The number of halogens is 3. The minimum absolute atomic E-state index is 0.0471. The molecule has 0 radical (unpaired) electrons. The normalized spacial score (nSPS) is 23.0. The fourth-order valence-electron chi connectivity index (χ4n) is 4.23. The number of hydrogen-bond donors (Lipinski definition) is 1. The van der Waals surface area contributed by atoms with Crippen LogP contribution in [0.1, 0.15) is 6.42 Å². The molecule has 3 aliphatic heterocycles. The van der Waals surface area contributed by atoms with Crippen LogP contribution in [0, 0.1) is 0 Å². The average Bonchev–Trinajstić information content (AvgIpc) is 3.18. The number of carbonyl (C=O) groups excluding carboxylic acids is 1. The Hall–Kier alpha value is -3.15. The molecule has 0 saturated carbocycles. The fourth-order valence-corrected chi connectivity index (χ4v) is 4.23. The monoisotopic (exact) mass is 435 g/mol. The number of ether oxygens (including phenoxy) is 1. The van der Waals surface area contributed by atoms with Crippen LogP contribution >= 0.6 is 0 Å². The number of aromatic nitrogens is 3. The third kappa shape index (κ3) is 3.71. The quantitative estimate of drug-likeness (QED) is 0.775. The Balaban J connectivity index is 1.45. The van der Waals surface area contributed by atoms with E-state index in [9.17, 15) is 18.0 Å². The number of hydrogen-bond acceptors (Lipinski definition) is 7. The maximum Gasteiger partial charge on any atom is 0.416 e. The van der Waals surface area contributed by atoms with Gasteiger partial charge in [-0.2, -0.15) is 13.2 Å². The average molecular weight is 435 g/mol. The third-order valence-electron chi connectivity index (χ3n) is 5.71. The summed E-state index contributed by atoms with van der Waals surface area (Å²) in [5, 5.41) is 2.73. The van der Waals surface area contributed by atoms with Crippen molar-refractivity contribution in [2.24, 2.45) is 0 Å². The number of nitrogens with one attached hydrogen (secondary N) is 1. The molecule has 2 fully saturated rings. The second-order valence-electron chi connectivity index (χ2n) is 7.64. The molecule has 12 heteroatoms. The molecule has 2 atom stereocenters. The first-order valence-electron chi connectivity index (χ1n) is 9.95. The summed E-state index contributed by atoms with van der Waals surface area (Å²) in [6.45, 7) is 1.36. The van der Waals surface area contributed by atoms with Gasteiger partial charge in [0.1, 0.15) is 5.82 Å². The van der Waals surface area contributed by atoms with Gasteiger partial charge in [-0.3, -0.25) is 15.2 Å². The van der Waals surface area contributed by atoms with Gasteiger partial charge in [-0.25, -0.2) is 14.8 Å². The van der Waals surface area contributed by atoms with Crippen LogP contribution < -0.4 is 20.0 Å². The first-order valence-corrected chi connectivity index (χ1v) is 9.95. The largest absolute Gasteiger partial charge is 0.416 e. The maximum absolute atomic E-state index is 13.1. The summed E-state index contributed by atoms with van der Waals surface area (Å²) in [5.41, 5.74) is 0.785. The lowest BCUT2D eigenvalue weighted by atomic mass is 10.2. The minimum Gasteiger partial charge on any atom is -0.366 e. The van der Waals surface area contributed by atoms with Crippen LogP contribution in [0.2, 0.25) is 0 Å². The Morgan fingerprint density at radius 2 is 2.03 bits per heavy atom. The van der Waals surface area contributed by atoms with Gasteiger partial charge < -0.3 is 14.5 Å². The van der Waals surface area contributed by atoms with Crippen LogP contribution in [-0.2, 0) is 4.74 Å². The fraction of sp³-hybridized carbons (Fsp3) is 0.474. The number of carbonyl (C=O) groups is 1. The van der Waals surface area contributed by atoms with Gasteiger partial charge in [0.15, 0.2) is 17.7 Å². The molecule has 2 bridgehead atoms. The van der Waals surface area contributed by atoms with E-state index < -0.39 is 18.3 Å². The lowest BCUT2D eigenvalue weighted by Gasteiger charge is -2.38. The summed E-state index contributed by atoms with van der Waals surface area (Å²) in [4.78, 5) is 31.0. The Bertz CT molecular complexity index is 975. The van der Waals surface area contributed by atoms with Crippen LogP contribution in [0.4, 0.5) is 41.1 Å². The van der Waals surface area contributed by atoms with Gasteiger partial charge in [0, 0.05) is 32.0 Å². The van der Waals surface area contributed by atoms with Crippen molar-refractivity contribution in [3.8, 4) is 0 Å². The van der Waals surface area contributed by atoms with Crippen molar-refractivity contribution in [2.75, 3.05) is 52.8 Å². The lowest BCUT2D eigenvalue weighted by Crippen LogP contribution is -2.50. The van der Waals surface area contributed by atoms with Crippen LogP contribution in [0.3, 0.4) is 0 Å². The summed E-state index contributed by atoms with van der Waals surface area (Å²) in [6.07, 6.45) is -1.12. The summed E-state index contributed by atoms with van der Waals surface area (Å²) >= 11 is 0. The zero-order valence-electron chi connectivity index (χ0n) is 16.4. The second-order valence-corrected chi connectivity index (χ2v) is 7.64. The highest BCUT2D eigenvalue weighted by atomic mass is 19.4. The Morgan fingerprint density at radius 3 is 2.81 bits per heavy atom. The van der Waals surface area contributed by atoms with Crippen molar-refractivity contribution in [1.29, 1.82) is 0 Å². The molecule has 0 aliphatic carbocycles. The van der Waals surface area contributed by atoms with Gasteiger partial charge in [0.05, 0.1) is 31.1 Å². The smallest absolute Gasteiger partial charge is 0.366 e. The van der Waals surface area contributed by atoms with E-state index in [1.807, 2.05) is 6.07 Å². The third-order valence-corrected chi connectivity index (χ3v) is 5.71. The molecular formula is C19H20F3N7O2. The van der Waals surface area contributed by atoms with Crippen molar-refractivity contribution in [3.05, 3.63) is 30.7 Å². The van der Waals surface area contributed by atoms with Gasteiger partial charge >= 0.3 is 12.2 Å². The summed E-state index contributed by atoms with van der Waals surface area (Å²) < 4.78 is 44.3. The van der Waals surface area contributed by atoms with Gasteiger partial charge in [0.2, 0.25) is 0 Å². The van der Waals surface area contributed by atoms with E-state index in [0.29, 0.717) is 24.0 Å². The summed E-state index contributed by atoms with van der Waals surface area (Å²) in [7, 11) is 0. The van der Waals surface area contributed by atoms with Crippen LogP contribution in [-0.4, -0.2) is 72.1 Å². The van der Waals surface area contributed by atoms with Gasteiger partial charge in [0.25, 0.3) is 0 Å². The number of amides is 2. The number of nitrogens with zero attached hydrogens (tertiary/aromatic N) is 6. The first-order chi connectivity index (χ1) is 14.9. The number of fused-ring (bicyclic) bond motifs is 4. The van der Waals surface area contributed by atoms with Crippen LogP contribution in [0.25, 0.3) is 0 Å². The van der Waals surface area contributed by atoms with E-state index in [-0.39, 0.29) is 25.7 Å². The number of pyridine rings is 1. The van der Waals surface area contributed by atoms with E-state index in [0.717, 1.165) is 18.7 Å². The predicted octanol–water partition coefficient (Wildman–Crippen LogP) is 2.27. The van der Waals surface area contributed by atoms with Crippen molar-refractivity contribution in [2.45, 2.75) is 24.7 Å². The van der Waals surface area contributed by atoms with Crippen molar-refractivity contribution < 1.29 is 22.7 Å². The van der Waals surface area contributed by atoms with Crippen LogP contribution in [0.5, 0.6) is 0 Å². The van der Waals surface area contributed by atoms with E-state index in [2.05, 4.69) is 25.2 Å². The number of urea groups is 1. The molecule has 5 rings (SSSR count). The number of anilines is 4. The Morgan fingerprint density at radius 1 is 1.16 bits per heavy atom. The molecule has 0 aromatic carbocycles. The topological polar surface area (TPSA) is 86.7 Å². The lowest BCUT2D eigenvalue weighted by molar-refractivity contribution is -0.221. The zero-order valence-corrected chi connectivity index (χ0v) is 16.4. The molecular weight excluding hydrogens is 415 g/mol. The van der Waals surface area contributed by atoms with E-state index in [1.165, 1.54) is 18.6 Å². The number of morpholine rings is 1. The van der Waals surface area contributed by atoms with Crippen LogP contribution in [0.15, 0.2) is 30.7 Å². The molecule has 1 N–H and O–H groups in total. The standard InChI is InChI=1S/C19H20F3N7O2/c20-19(21,22)14-11-28(7-8-31-14)16-2-1-13-17(26-16)29(12-3-6-27(13)10-12)18(30)25-15-9-23-4-5-24-15/h1-2,4-5,9,12,14H,3,6-8,10-11H2,(H,24,25,30)/t12-,14?/m0/s1. The molecule has 1 unspecified atom stereocenters. The van der Waals surface area contributed by atoms with Crippen molar-refractivity contribution in [3.63, 3.8) is 0 Å². The molecule has 9 nitrogen and oxygen atoms in total. The predicted molar refractivity (Wildman–Crippen MR) is 106 cm³/mol. The summed E-state index contributed by atoms with van der Waals surface area (Å²) in [6, 6.07) is 3.04. The van der Waals surface area contributed by atoms with Gasteiger partial charge in [-0.05, 0) is 18.6 Å². The highest BCUT2D eigenvalue weighted by Gasteiger charge is 2.44. The highest BCUT2D eigenvalue weighted by molar-refractivity contribution is 6.04. The zero-order chi connectivity index (χ0) is 21.6. The molecule has 31 heavy (non-hydrogen) atoms. The molecule has 2 amide bonds. The van der Waals surface area contributed by atoms with Gasteiger partial charge in [-0.15, -0.1) is 0 Å². The van der Waals surface area contributed by atoms with E-state index in [1.54, 1.807) is 15.9 Å². The van der Waals surface area contributed by atoms with E-state index in [4.69, 9.17) is 4.74 Å². The molecule has 3 aliphatic rings. The molecule has 0 spiro atoms. The molecule has 2 aromatic rings. The molecule has 164 valence electrons. The highest BCUT2D eigenvalue weighted by Crippen LogP contribution is 2.40. The summed E-state index contributed by atoms with van der Waals surface area (Å²) in [5.74, 6) is 1.13. The van der Waals surface area contributed by atoms with Crippen molar-refractivity contribution in [1.82, 2.24) is 15.0 Å². The SMILES string of the molecule is O=C(Nc1cnccn1)N1c2nc(N3CCOC(C(F)(F)F)C3)ccc2N2CC[C@H]1C2. The molecule has 5 heterocycles. The number of alkyl halides is 3. The molecule has 2 saturated heterocycles. The molecule has 2 aromatic heterocycles. The number of rotatable bonds is 2. The van der Waals surface area contributed by atoms with E-state index >= 15 is 0 Å². The maximum atomic E-state index is 13.1. The van der Waals surface area contributed by atoms with Gasteiger partial charge in [-0.1, -0.05) is 0 Å². The Kier molecular flexibility index (Phi) is 4.80. The Labute approximate surface area is 175 Å².